The summed E-state index contributed by atoms with van der Waals surface area (Å²) in [5.41, 5.74) is -0.669. The third-order valence-corrected chi connectivity index (χ3v) is 3.29. The molecule has 1 heterocycles. The van der Waals surface area contributed by atoms with Crippen molar-refractivity contribution in [1.29, 1.82) is 0 Å². The van der Waals surface area contributed by atoms with Gasteiger partial charge in [-0.15, -0.1) is 0 Å². The second-order valence-corrected chi connectivity index (χ2v) is 4.49. The van der Waals surface area contributed by atoms with Crippen LogP contribution in [-0.2, 0) is 4.79 Å². The number of piperazine rings is 1. The minimum atomic E-state index is -0.719. The zero-order chi connectivity index (χ0) is 10.8. The lowest BCUT2D eigenvalue weighted by Gasteiger charge is -2.39. The van der Waals surface area contributed by atoms with E-state index in [0.29, 0.717) is 0 Å². The molecule has 0 amide bonds. The number of aliphatic carboxylic acids is 1. The van der Waals surface area contributed by atoms with Crippen LogP contribution in [0.5, 0.6) is 0 Å². The summed E-state index contributed by atoms with van der Waals surface area (Å²) in [5.74, 6) is -0.719. The molecule has 1 saturated heterocycles. The third kappa shape index (κ3) is 2.25. The first-order valence-electron chi connectivity index (χ1n) is 5.14. The fourth-order valence-electron chi connectivity index (χ4n) is 1.70. The molecule has 0 aromatic heterocycles. The summed E-state index contributed by atoms with van der Waals surface area (Å²) in [6.07, 6.45) is 0. The van der Waals surface area contributed by atoms with Crippen molar-refractivity contribution in [1.82, 2.24) is 10.2 Å². The lowest BCUT2D eigenvalue weighted by Crippen LogP contribution is -2.54. The van der Waals surface area contributed by atoms with Crippen molar-refractivity contribution in [2.45, 2.75) is 26.8 Å². The summed E-state index contributed by atoms with van der Waals surface area (Å²) in [5, 5.41) is 12.4. The van der Waals surface area contributed by atoms with Crippen molar-refractivity contribution in [3.05, 3.63) is 0 Å². The van der Waals surface area contributed by atoms with E-state index in [-0.39, 0.29) is 6.04 Å². The maximum atomic E-state index is 11.1. The van der Waals surface area contributed by atoms with E-state index >= 15 is 0 Å². The summed E-state index contributed by atoms with van der Waals surface area (Å²) in [7, 11) is 0. The van der Waals surface area contributed by atoms with Crippen LogP contribution in [0.3, 0.4) is 0 Å². The number of carbonyl (C=O) groups is 1. The van der Waals surface area contributed by atoms with Gasteiger partial charge >= 0.3 is 5.97 Å². The molecule has 0 bridgehead atoms. The highest BCUT2D eigenvalue weighted by Crippen LogP contribution is 2.25. The lowest BCUT2D eigenvalue weighted by molar-refractivity contribution is -0.150. The Kier molecular flexibility index (Phi) is 3.50. The smallest absolute Gasteiger partial charge is 0.310 e. The van der Waals surface area contributed by atoms with Gasteiger partial charge in [-0.2, -0.15) is 0 Å². The minimum Gasteiger partial charge on any atom is -0.481 e. The molecular weight excluding hydrogens is 180 g/mol. The van der Waals surface area contributed by atoms with Crippen molar-refractivity contribution in [3.8, 4) is 0 Å². The van der Waals surface area contributed by atoms with Crippen LogP contribution in [0.15, 0.2) is 0 Å². The number of rotatable bonds is 3. The van der Waals surface area contributed by atoms with Crippen LogP contribution < -0.4 is 5.32 Å². The number of nitrogens with zero attached hydrogens (tertiary/aromatic N) is 1. The monoisotopic (exact) mass is 200 g/mol. The molecule has 2 N–H and O–H groups in total. The largest absolute Gasteiger partial charge is 0.481 e. The van der Waals surface area contributed by atoms with Gasteiger partial charge in [0.1, 0.15) is 0 Å². The molecule has 82 valence electrons. The van der Waals surface area contributed by atoms with E-state index < -0.39 is 11.4 Å². The molecule has 0 radical (unpaired) electrons. The van der Waals surface area contributed by atoms with E-state index in [1.807, 2.05) is 6.92 Å². The molecule has 4 heteroatoms. The Hall–Kier alpha value is -0.610. The van der Waals surface area contributed by atoms with E-state index in [4.69, 9.17) is 5.11 Å². The van der Waals surface area contributed by atoms with Gasteiger partial charge in [0, 0.05) is 32.2 Å². The molecule has 1 atom stereocenters. The summed E-state index contributed by atoms with van der Waals surface area (Å²) >= 11 is 0. The van der Waals surface area contributed by atoms with Gasteiger partial charge in [-0.05, 0) is 20.8 Å². The molecule has 1 aliphatic heterocycles. The van der Waals surface area contributed by atoms with Crippen LogP contribution in [0.2, 0.25) is 0 Å². The number of hydrogen-bond donors (Lipinski definition) is 2. The van der Waals surface area contributed by atoms with E-state index in [1.54, 1.807) is 13.8 Å². The van der Waals surface area contributed by atoms with Gasteiger partial charge in [0.05, 0.1) is 5.41 Å². The van der Waals surface area contributed by atoms with Gasteiger partial charge in [-0.25, -0.2) is 0 Å². The van der Waals surface area contributed by atoms with Crippen LogP contribution in [0.4, 0.5) is 0 Å². The predicted octanol–water partition coefficient (Wildman–Crippen LogP) is 0.391. The van der Waals surface area contributed by atoms with Crippen molar-refractivity contribution in [2.24, 2.45) is 5.41 Å². The fraction of sp³-hybridized carbons (Fsp3) is 0.900. The van der Waals surface area contributed by atoms with Crippen LogP contribution in [0.1, 0.15) is 20.8 Å². The Morgan fingerprint density at radius 2 is 1.93 bits per heavy atom. The maximum absolute atomic E-state index is 11.1. The summed E-state index contributed by atoms with van der Waals surface area (Å²) in [6.45, 7) is 9.39. The molecule has 1 rings (SSSR count). The summed E-state index contributed by atoms with van der Waals surface area (Å²) in [4.78, 5) is 13.3. The summed E-state index contributed by atoms with van der Waals surface area (Å²) in [6, 6.07) is 0.0853. The predicted molar refractivity (Wildman–Crippen MR) is 55.3 cm³/mol. The molecule has 0 aromatic carbocycles. The van der Waals surface area contributed by atoms with Crippen LogP contribution in [-0.4, -0.2) is 48.2 Å². The highest BCUT2D eigenvalue weighted by Gasteiger charge is 2.37. The first-order valence-corrected chi connectivity index (χ1v) is 5.14. The van der Waals surface area contributed by atoms with Gasteiger partial charge in [0.2, 0.25) is 0 Å². The number of carboxylic acid groups (broad SMARTS) is 1. The highest BCUT2D eigenvalue weighted by atomic mass is 16.4. The molecule has 4 nitrogen and oxygen atoms in total. The van der Waals surface area contributed by atoms with E-state index in [2.05, 4.69) is 10.2 Å². The Balaban J connectivity index is 2.62. The molecule has 1 fully saturated rings. The molecule has 0 aliphatic carbocycles. The molecule has 0 spiro atoms. The number of carboxylic acids is 1. The van der Waals surface area contributed by atoms with Gasteiger partial charge in [-0.1, -0.05) is 0 Å². The third-order valence-electron chi connectivity index (χ3n) is 3.29. The second kappa shape index (κ2) is 4.28. The fourth-order valence-corrected chi connectivity index (χ4v) is 1.70. The number of nitrogens with one attached hydrogen (secondary N) is 1. The maximum Gasteiger partial charge on any atom is 0.310 e. The van der Waals surface area contributed by atoms with E-state index in [1.165, 1.54) is 0 Å². The van der Waals surface area contributed by atoms with Gasteiger partial charge in [-0.3, -0.25) is 9.69 Å². The first-order chi connectivity index (χ1) is 6.46. The van der Waals surface area contributed by atoms with Crippen molar-refractivity contribution < 1.29 is 9.90 Å². The van der Waals surface area contributed by atoms with Crippen molar-refractivity contribution in [2.75, 3.05) is 26.2 Å². The zero-order valence-electron chi connectivity index (χ0n) is 9.21. The Morgan fingerprint density at radius 1 is 1.43 bits per heavy atom. The molecule has 0 aromatic rings. The SMILES string of the molecule is CC(N1CCNCC1)C(C)(C)C(=O)O. The van der Waals surface area contributed by atoms with Gasteiger partial charge < -0.3 is 10.4 Å². The minimum absolute atomic E-state index is 0.0853. The number of hydrogen-bond acceptors (Lipinski definition) is 3. The first kappa shape index (κ1) is 11.5. The van der Waals surface area contributed by atoms with Crippen LogP contribution >= 0.6 is 0 Å². The van der Waals surface area contributed by atoms with Gasteiger partial charge in [0.15, 0.2) is 0 Å². The molecule has 1 unspecified atom stereocenters. The zero-order valence-corrected chi connectivity index (χ0v) is 9.21. The normalized spacial score (nSPS) is 21.9. The second-order valence-electron chi connectivity index (χ2n) is 4.49. The van der Waals surface area contributed by atoms with E-state index in [0.717, 1.165) is 26.2 Å². The standard InChI is InChI=1S/C10H20N2O2/c1-8(10(2,3)9(13)14)12-6-4-11-5-7-12/h8,11H,4-7H2,1-3H3,(H,13,14). The van der Waals surface area contributed by atoms with Crippen LogP contribution in [0, 0.1) is 5.41 Å². The van der Waals surface area contributed by atoms with Crippen LogP contribution in [0.25, 0.3) is 0 Å². The molecule has 14 heavy (non-hydrogen) atoms. The highest BCUT2D eigenvalue weighted by molar-refractivity contribution is 5.74. The van der Waals surface area contributed by atoms with Gasteiger partial charge in [0.25, 0.3) is 0 Å². The topological polar surface area (TPSA) is 52.6 Å². The Morgan fingerprint density at radius 3 is 2.36 bits per heavy atom. The Labute approximate surface area is 85.3 Å². The average molecular weight is 200 g/mol. The molecule has 1 aliphatic rings. The van der Waals surface area contributed by atoms with Crippen molar-refractivity contribution >= 4 is 5.97 Å². The lowest BCUT2D eigenvalue weighted by atomic mass is 9.84. The average Bonchev–Trinajstić information content (AvgIpc) is 2.17. The quantitative estimate of drug-likeness (QED) is 0.692. The Bertz CT molecular complexity index is 210. The molecule has 0 saturated carbocycles. The molecular formula is C10H20N2O2. The van der Waals surface area contributed by atoms with Crippen molar-refractivity contribution in [3.63, 3.8) is 0 Å². The summed E-state index contributed by atoms with van der Waals surface area (Å²) < 4.78 is 0. The van der Waals surface area contributed by atoms with E-state index in [9.17, 15) is 4.79 Å².